The molecule has 2 fully saturated rings. The van der Waals surface area contributed by atoms with Gasteiger partial charge in [-0.2, -0.15) is 5.10 Å². The standard InChI is InChI=1S/C19H30N4O/c1-4-19(18(24)20-10-13-22-11-5-9-21-22)14-16-6-7-17(19)23(16)12-8-15(2)3/h5,8-9,11,16-17H,4,6-7,10,12-14H2,1-3H3,(H,20,24)/t16-,17+,19+/m0/s1. The van der Waals surface area contributed by atoms with E-state index in [0.29, 0.717) is 18.6 Å². The topological polar surface area (TPSA) is 50.2 Å². The molecule has 3 atom stereocenters. The Morgan fingerprint density at radius 1 is 1.42 bits per heavy atom. The maximum absolute atomic E-state index is 13.0. The largest absolute Gasteiger partial charge is 0.354 e. The molecule has 1 N–H and O–H groups in total. The van der Waals surface area contributed by atoms with Gasteiger partial charge in [-0.1, -0.05) is 18.6 Å². The summed E-state index contributed by atoms with van der Waals surface area (Å²) in [6, 6.07) is 2.88. The van der Waals surface area contributed by atoms with Crippen molar-refractivity contribution >= 4 is 5.91 Å². The Bertz CT molecular complexity index is 591. The molecule has 132 valence electrons. The Morgan fingerprint density at radius 2 is 2.25 bits per heavy atom. The monoisotopic (exact) mass is 330 g/mol. The van der Waals surface area contributed by atoms with Crippen molar-refractivity contribution in [1.82, 2.24) is 20.0 Å². The fraction of sp³-hybridized carbons (Fsp3) is 0.684. The molecule has 0 aliphatic carbocycles. The van der Waals surface area contributed by atoms with Gasteiger partial charge >= 0.3 is 0 Å². The second-order valence-corrected chi connectivity index (χ2v) is 7.46. The first-order valence-corrected chi connectivity index (χ1v) is 9.21. The molecule has 3 heterocycles. The first kappa shape index (κ1) is 17.2. The van der Waals surface area contributed by atoms with Crippen LogP contribution in [0, 0.1) is 5.41 Å². The first-order chi connectivity index (χ1) is 11.6. The van der Waals surface area contributed by atoms with Crippen molar-refractivity contribution in [2.24, 2.45) is 5.41 Å². The van der Waals surface area contributed by atoms with E-state index in [0.717, 1.165) is 32.4 Å². The lowest BCUT2D eigenvalue weighted by molar-refractivity contribution is -0.133. The zero-order chi connectivity index (χ0) is 17.2. The highest BCUT2D eigenvalue weighted by atomic mass is 16.2. The van der Waals surface area contributed by atoms with Gasteiger partial charge in [0.15, 0.2) is 0 Å². The molecule has 2 bridgehead atoms. The SMILES string of the molecule is CC[C@@]1(C(=O)NCCn2cccn2)C[C@@H]2CC[C@H]1N2CC=C(C)C. The van der Waals surface area contributed by atoms with Crippen molar-refractivity contribution in [3.05, 3.63) is 30.1 Å². The number of amides is 1. The predicted molar refractivity (Wildman–Crippen MR) is 95.5 cm³/mol. The summed E-state index contributed by atoms with van der Waals surface area (Å²) in [7, 11) is 0. The molecule has 24 heavy (non-hydrogen) atoms. The van der Waals surface area contributed by atoms with Gasteiger partial charge in [0.05, 0.1) is 12.0 Å². The van der Waals surface area contributed by atoms with Crippen LogP contribution in [-0.2, 0) is 11.3 Å². The van der Waals surface area contributed by atoms with Crippen molar-refractivity contribution < 1.29 is 4.79 Å². The average molecular weight is 330 g/mol. The summed E-state index contributed by atoms with van der Waals surface area (Å²) in [4.78, 5) is 15.6. The van der Waals surface area contributed by atoms with Gasteiger partial charge in [0.1, 0.15) is 0 Å². The van der Waals surface area contributed by atoms with Crippen LogP contribution in [0.1, 0.15) is 46.5 Å². The molecule has 3 rings (SSSR count). The highest BCUT2D eigenvalue weighted by Gasteiger charge is 2.58. The van der Waals surface area contributed by atoms with E-state index < -0.39 is 0 Å². The van der Waals surface area contributed by atoms with Crippen LogP contribution >= 0.6 is 0 Å². The Kier molecular flexibility index (Phi) is 5.09. The second kappa shape index (κ2) is 7.09. The van der Waals surface area contributed by atoms with E-state index in [2.05, 4.69) is 42.2 Å². The smallest absolute Gasteiger partial charge is 0.227 e. The lowest BCUT2D eigenvalue weighted by Gasteiger charge is -2.35. The Morgan fingerprint density at radius 3 is 2.92 bits per heavy atom. The summed E-state index contributed by atoms with van der Waals surface area (Å²) in [5, 5.41) is 7.37. The molecular weight excluding hydrogens is 300 g/mol. The maximum atomic E-state index is 13.0. The predicted octanol–water partition coefficient (Wildman–Crippen LogP) is 2.60. The van der Waals surface area contributed by atoms with Crippen LogP contribution in [0.5, 0.6) is 0 Å². The van der Waals surface area contributed by atoms with Crippen molar-refractivity contribution in [1.29, 1.82) is 0 Å². The van der Waals surface area contributed by atoms with Gasteiger partial charge in [-0.3, -0.25) is 14.4 Å². The number of aromatic nitrogens is 2. The minimum Gasteiger partial charge on any atom is -0.354 e. The molecule has 1 amide bonds. The lowest BCUT2D eigenvalue weighted by Crippen LogP contribution is -2.49. The van der Waals surface area contributed by atoms with E-state index in [4.69, 9.17) is 0 Å². The van der Waals surface area contributed by atoms with Crippen LogP contribution in [0.3, 0.4) is 0 Å². The van der Waals surface area contributed by atoms with E-state index in [1.165, 1.54) is 12.0 Å². The van der Waals surface area contributed by atoms with Crippen molar-refractivity contribution in [3.63, 3.8) is 0 Å². The van der Waals surface area contributed by atoms with Crippen molar-refractivity contribution in [3.8, 4) is 0 Å². The molecular formula is C19H30N4O. The lowest BCUT2D eigenvalue weighted by atomic mass is 9.71. The number of nitrogens with one attached hydrogen (secondary N) is 1. The molecule has 0 unspecified atom stereocenters. The van der Waals surface area contributed by atoms with E-state index in [1.54, 1.807) is 6.20 Å². The molecule has 5 heteroatoms. The van der Waals surface area contributed by atoms with Crippen molar-refractivity contribution in [2.75, 3.05) is 13.1 Å². The minimum atomic E-state index is -0.206. The number of carbonyl (C=O) groups excluding carboxylic acids is 1. The van der Waals surface area contributed by atoms with Gasteiger partial charge in [0.25, 0.3) is 0 Å². The van der Waals surface area contributed by atoms with E-state index >= 15 is 0 Å². The fourth-order valence-electron chi connectivity index (χ4n) is 4.55. The Hall–Kier alpha value is -1.62. The van der Waals surface area contributed by atoms with Gasteiger partial charge in [0, 0.05) is 37.6 Å². The number of nitrogens with zero attached hydrogens (tertiary/aromatic N) is 3. The molecule has 2 saturated heterocycles. The zero-order valence-electron chi connectivity index (χ0n) is 15.2. The molecule has 0 aromatic carbocycles. The molecule has 2 aliphatic rings. The quantitative estimate of drug-likeness (QED) is 0.782. The summed E-state index contributed by atoms with van der Waals surface area (Å²) in [5.74, 6) is 0.242. The number of allylic oxidation sites excluding steroid dienone is 1. The van der Waals surface area contributed by atoms with E-state index in [9.17, 15) is 4.79 Å². The maximum Gasteiger partial charge on any atom is 0.227 e. The molecule has 5 nitrogen and oxygen atoms in total. The number of hydrogen-bond donors (Lipinski definition) is 1. The third kappa shape index (κ3) is 3.14. The fourth-order valence-corrected chi connectivity index (χ4v) is 4.55. The van der Waals surface area contributed by atoms with Gasteiger partial charge in [0.2, 0.25) is 5.91 Å². The van der Waals surface area contributed by atoms with Crippen LogP contribution < -0.4 is 5.32 Å². The van der Waals surface area contributed by atoms with Crippen LogP contribution in [0.4, 0.5) is 0 Å². The number of carbonyl (C=O) groups is 1. The van der Waals surface area contributed by atoms with E-state index in [1.807, 2.05) is 16.9 Å². The molecule has 0 radical (unpaired) electrons. The number of hydrogen-bond acceptors (Lipinski definition) is 3. The molecule has 0 saturated carbocycles. The summed E-state index contributed by atoms with van der Waals surface area (Å²) in [6.07, 6.45) is 10.3. The van der Waals surface area contributed by atoms with Crippen LogP contribution in [-0.4, -0.2) is 45.8 Å². The third-order valence-corrected chi connectivity index (χ3v) is 5.86. The summed E-state index contributed by atoms with van der Waals surface area (Å²) in [6.45, 7) is 8.83. The Balaban J connectivity index is 1.63. The summed E-state index contributed by atoms with van der Waals surface area (Å²) in [5.41, 5.74) is 1.15. The Labute approximate surface area is 145 Å². The average Bonchev–Trinajstić information content (AvgIpc) is 3.27. The van der Waals surface area contributed by atoms with Crippen LogP contribution in [0.25, 0.3) is 0 Å². The number of rotatable bonds is 7. The minimum absolute atomic E-state index is 0.206. The molecule has 2 aliphatic heterocycles. The first-order valence-electron chi connectivity index (χ1n) is 9.21. The highest BCUT2D eigenvalue weighted by molar-refractivity contribution is 5.84. The van der Waals surface area contributed by atoms with Crippen molar-refractivity contribution in [2.45, 2.75) is 65.1 Å². The van der Waals surface area contributed by atoms with Gasteiger partial charge in [-0.25, -0.2) is 0 Å². The second-order valence-electron chi connectivity index (χ2n) is 7.46. The molecule has 1 aromatic heterocycles. The highest BCUT2D eigenvalue weighted by Crippen LogP contribution is 2.51. The van der Waals surface area contributed by atoms with Crippen LogP contribution in [0.15, 0.2) is 30.1 Å². The normalized spacial score (nSPS) is 29.0. The third-order valence-electron chi connectivity index (χ3n) is 5.86. The summed E-state index contributed by atoms with van der Waals surface area (Å²) >= 11 is 0. The van der Waals surface area contributed by atoms with Gasteiger partial charge in [-0.05, 0) is 45.6 Å². The van der Waals surface area contributed by atoms with E-state index in [-0.39, 0.29) is 11.3 Å². The summed E-state index contributed by atoms with van der Waals surface area (Å²) < 4.78 is 1.86. The molecule has 1 aromatic rings. The zero-order valence-corrected chi connectivity index (χ0v) is 15.2. The molecule has 0 spiro atoms. The van der Waals surface area contributed by atoms with Crippen LogP contribution in [0.2, 0.25) is 0 Å². The van der Waals surface area contributed by atoms with Gasteiger partial charge < -0.3 is 5.32 Å². The van der Waals surface area contributed by atoms with Gasteiger partial charge in [-0.15, -0.1) is 0 Å². The number of fused-ring (bicyclic) bond motifs is 2.